The molecule has 0 saturated carbocycles. The van der Waals surface area contributed by atoms with Crippen molar-refractivity contribution >= 4 is 17.8 Å². The largest absolute Gasteiger partial charge is 0.480 e. The standard InChI is InChI=1S/C11H13N3O5/c1-19-9(15)3-2-8(11(17)18)14-10(16)7-4-12-6-13-5-7/h4-6,8H,2-3H2,1H3,(H,14,16)(H,17,18). The molecule has 0 spiro atoms. The summed E-state index contributed by atoms with van der Waals surface area (Å²) in [5.74, 6) is -2.38. The lowest BCUT2D eigenvalue weighted by Gasteiger charge is -2.13. The Morgan fingerprint density at radius 2 is 2.00 bits per heavy atom. The van der Waals surface area contributed by atoms with E-state index in [2.05, 4.69) is 20.0 Å². The Morgan fingerprint density at radius 3 is 2.53 bits per heavy atom. The number of aromatic nitrogens is 2. The molecule has 1 aromatic heterocycles. The third kappa shape index (κ3) is 4.70. The molecular weight excluding hydrogens is 254 g/mol. The van der Waals surface area contributed by atoms with E-state index in [0.29, 0.717) is 0 Å². The van der Waals surface area contributed by atoms with E-state index in [0.717, 1.165) is 0 Å². The van der Waals surface area contributed by atoms with E-state index in [1.165, 1.54) is 25.8 Å². The molecule has 102 valence electrons. The van der Waals surface area contributed by atoms with E-state index in [4.69, 9.17) is 5.11 Å². The first-order chi connectivity index (χ1) is 9.04. The molecule has 0 saturated heterocycles. The molecule has 0 bridgehead atoms. The van der Waals surface area contributed by atoms with Crippen LogP contribution in [0.3, 0.4) is 0 Å². The third-order valence-corrected chi connectivity index (χ3v) is 2.29. The van der Waals surface area contributed by atoms with Gasteiger partial charge in [0.05, 0.1) is 12.7 Å². The molecule has 0 radical (unpaired) electrons. The molecule has 1 aromatic rings. The van der Waals surface area contributed by atoms with Gasteiger partial charge in [-0.25, -0.2) is 14.8 Å². The number of carboxylic acids is 1. The molecule has 19 heavy (non-hydrogen) atoms. The van der Waals surface area contributed by atoms with Crippen molar-refractivity contribution in [1.82, 2.24) is 15.3 Å². The van der Waals surface area contributed by atoms with Crippen molar-refractivity contribution in [1.29, 1.82) is 0 Å². The maximum Gasteiger partial charge on any atom is 0.326 e. The average Bonchev–Trinajstić information content (AvgIpc) is 2.43. The van der Waals surface area contributed by atoms with E-state index < -0.39 is 23.9 Å². The Bertz CT molecular complexity index is 463. The van der Waals surface area contributed by atoms with E-state index in [1.807, 2.05) is 0 Å². The number of carbonyl (C=O) groups excluding carboxylic acids is 2. The van der Waals surface area contributed by atoms with Crippen LogP contribution < -0.4 is 5.32 Å². The number of hydrogen-bond acceptors (Lipinski definition) is 6. The summed E-state index contributed by atoms with van der Waals surface area (Å²) in [5, 5.41) is 11.2. The minimum absolute atomic E-state index is 0.0541. The van der Waals surface area contributed by atoms with Gasteiger partial charge in [0.15, 0.2) is 0 Å². The summed E-state index contributed by atoms with van der Waals surface area (Å²) < 4.78 is 4.41. The van der Waals surface area contributed by atoms with Gasteiger partial charge in [0.2, 0.25) is 0 Å². The summed E-state index contributed by atoms with van der Waals surface area (Å²) in [6, 6.07) is -1.17. The van der Waals surface area contributed by atoms with Gasteiger partial charge in [-0.05, 0) is 6.42 Å². The highest BCUT2D eigenvalue weighted by atomic mass is 16.5. The van der Waals surface area contributed by atoms with Crippen molar-refractivity contribution in [3.05, 3.63) is 24.3 Å². The lowest BCUT2D eigenvalue weighted by atomic mass is 10.1. The second kappa shape index (κ2) is 7.04. The van der Waals surface area contributed by atoms with Crippen molar-refractivity contribution in [3.8, 4) is 0 Å². The highest BCUT2D eigenvalue weighted by Gasteiger charge is 2.22. The summed E-state index contributed by atoms with van der Waals surface area (Å²) >= 11 is 0. The lowest BCUT2D eigenvalue weighted by Crippen LogP contribution is -2.41. The number of nitrogens with zero attached hydrogens (tertiary/aromatic N) is 2. The maximum atomic E-state index is 11.7. The van der Waals surface area contributed by atoms with E-state index >= 15 is 0 Å². The molecule has 0 aliphatic carbocycles. The maximum absolute atomic E-state index is 11.7. The Kier molecular flexibility index (Phi) is 5.39. The van der Waals surface area contributed by atoms with Crippen LogP contribution in [0.15, 0.2) is 18.7 Å². The first-order valence-electron chi connectivity index (χ1n) is 5.40. The van der Waals surface area contributed by atoms with Crippen LogP contribution in [-0.4, -0.2) is 46.1 Å². The van der Waals surface area contributed by atoms with Gasteiger partial charge < -0.3 is 15.2 Å². The van der Waals surface area contributed by atoms with Gasteiger partial charge in [-0.3, -0.25) is 9.59 Å². The second-order valence-electron chi connectivity index (χ2n) is 3.61. The topological polar surface area (TPSA) is 118 Å². The van der Waals surface area contributed by atoms with Crippen molar-refractivity contribution < 1.29 is 24.2 Å². The number of aliphatic carboxylic acids is 1. The normalized spacial score (nSPS) is 11.4. The van der Waals surface area contributed by atoms with Crippen molar-refractivity contribution in [2.75, 3.05) is 7.11 Å². The third-order valence-electron chi connectivity index (χ3n) is 2.29. The summed E-state index contributed by atoms with van der Waals surface area (Å²) in [4.78, 5) is 40.9. The zero-order valence-corrected chi connectivity index (χ0v) is 10.2. The van der Waals surface area contributed by atoms with Crippen LogP contribution in [0.2, 0.25) is 0 Å². The SMILES string of the molecule is COC(=O)CCC(NC(=O)c1cncnc1)C(=O)O. The van der Waals surface area contributed by atoms with Gasteiger partial charge in [0, 0.05) is 18.8 Å². The molecule has 1 rings (SSSR count). The van der Waals surface area contributed by atoms with Crippen LogP contribution in [-0.2, 0) is 14.3 Å². The monoisotopic (exact) mass is 267 g/mol. The summed E-state index contributed by atoms with van der Waals surface area (Å²) in [5.41, 5.74) is 0.145. The quantitative estimate of drug-likeness (QED) is 0.674. The Morgan fingerprint density at radius 1 is 1.37 bits per heavy atom. The number of esters is 1. The minimum atomic E-state index is -1.23. The van der Waals surface area contributed by atoms with Gasteiger partial charge in [0.25, 0.3) is 5.91 Å². The molecule has 1 heterocycles. The number of methoxy groups -OCH3 is 1. The molecule has 0 fully saturated rings. The van der Waals surface area contributed by atoms with Gasteiger partial charge in [0.1, 0.15) is 12.4 Å². The van der Waals surface area contributed by atoms with Gasteiger partial charge in [-0.15, -0.1) is 0 Å². The van der Waals surface area contributed by atoms with Crippen LogP contribution in [0, 0.1) is 0 Å². The minimum Gasteiger partial charge on any atom is -0.480 e. The lowest BCUT2D eigenvalue weighted by molar-refractivity contribution is -0.142. The first-order valence-corrected chi connectivity index (χ1v) is 5.40. The molecule has 0 aliphatic rings. The summed E-state index contributed by atoms with van der Waals surface area (Å²) in [6.07, 6.45) is 3.63. The number of rotatable bonds is 6. The van der Waals surface area contributed by atoms with E-state index in [9.17, 15) is 14.4 Å². The highest BCUT2D eigenvalue weighted by Crippen LogP contribution is 2.02. The number of amides is 1. The van der Waals surface area contributed by atoms with Crippen LogP contribution >= 0.6 is 0 Å². The van der Waals surface area contributed by atoms with Crippen molar-refractivity contribution in [2.24, 2.45) is 0 Å². The number of hydrogen-bond donors (Lipinski definition) is 2. The Hall–Kier alpha value is -2.51. The molecule has 1 atom stereocenters. The average molecular weight is 267 g/mol. The molecular formula is C11H13N3O5. The fourth-order valence-electron chi connectivity index (χ4n) is 1.28. The Labute approximate surface area is 108 Å². The molecule has 0 aromatic carbocycles. The van der Waals surface area contributed by atoms with Gasteiger partial charge >= 0.3 is 11.9 Å². The zero-order valence-electron chi connectivity index (χ0n) is 10.2. The highest BCUT2D eigenvalue weighted by molar-refractivity contribution is 5.96. The molecule has 8 heteroatoms. The van der Waals surface area contributed by atoms with Crippen LogP contribution in [0.1, 0.15) is 23.2 Å². The van der Waals surface area contributed by atoms with Crippen molar-refractivity contribution in [3.63, 3.8) is 0 Å². The molecule has 2 N–H and O–H groups in total. The molecule has 0 aliphatic heterocycles. The number of ether oxygens (including phenoxy) is 1. The zero-order chi connectivity index (χ0) is 14.3. The summed E-state index contributed by atoms with van der Waals surface area (Å²) in [6.45, 7) is 0. The first kappa shape index (κ1) is 14.6. The smallest absolute Gasteiger partial charge is 0.326 e. The summed E-state index contributed by atoms with van der Waals surface area (Å²) in [7, 11) is 1.21. The molecule has 1 unspecified atom stereocenters. The van der Waals surface area contributed by atoms with Crippen molar-refractivity contribution in [2.45, 2.75) is 18.9 Å². The predicted molar refractivity (Wildman–Crippen MR) is 62.2 cm³/mol. The van der Waals surface area contributed by atoms with Crippen LogP contribution in [0.25, 0.3) is 0 Å². The van der Waals surface area contributed by atoms with E-state index in [1.54, 1.807) is 0 Å². The number of carboxylic acid groups (broad SMARTS) is 1. The van der Waals surface area contributed by atoms with E-state index in [-0.39, 0.29) is 18.4 Å². The molecule has 1 amide bonds. The second-order valence-corrected chi connectivity index (χ2v) is 3.61. The fourth-order valence-corrected chi connectivity index (χ4v) is 1.28. The fraction of sp³-hybridized carbons (Fsp3) is 0.364. The van der Waals surface area contributed by atoms with Crippen LogP contribution in [0.5, 0.6) is 0 Å². The molecule has 8 nitrogen and oxygen atoms in total. The number of carbonyl (C=O) groups is 3. The number of nitrogens with one attached hydrogen (secondary N) is 1. The predicted octanol–water partition coefficient (Wildman–Crippen LogP) is -0.387. The van der Waals surface area contributed by atoms with Gasteiger partial charge in [-0.1, -0.05) is 0 Å². The van der Waals surface area contributed by atoms with Gasteiger partial charge in [-0.2, -0.15) is 0 Å². The van der Waals surface area contributed by atoms with Crippen LogP contribution in [0.4, 0.5) is 0 Å². The Balaban J connectivity index is 2.61.